The van der Waals surface area contributed by atoms with E-state index in [4.69, 9.17) is 0 Å². The molecule has 1 aromatic carbocycles. The van der Waals surface area contributed by atoms with Gasteiger partial charge in [0.2, 0.25) is 0 Å². The number of rotatable bonds is 11. The lowest BCUT2D eigenvalue weighted by Gasteiger charge is -2.34. The molecule has 1 N–H and O–H groups in total. The summed E-state index contributed by atoms with van der Waals surface area (Å²) in [4.78, 5) is 6.71. The fourth-order valence-electron chi connectivity index (χ4n) is 4.23. The SMILES string of the molecule is CCSCCN(CCSCC)C1C=C([Si](C)(C)NC(C)(C)C)c2ccccc21. The minimum absolute atomic E-state index is 0.138. The van der Waals surface area contributed by atoms with Crippen molar-refractivity contribution < 1.29 is 0 Å². The Morgan fingerprint density at radius 3 is 2.11 bits per heavy atom. The molecule has 2 nitrogen and oxygen atoms in total. The topological polar surface area (TPSA) is 15.3 Å². The van der Waals surface area contributed by atoms with Gasteiger partial charge in [0.05, 0.1) is 6.04 Å². The Hall–Kier alpha value is -0.203. The molecule has 0 spiro atoms. The highest BCUT2D eigenvalue weighted by Crippen LogP contribution is 2.42. The van der Waals surface area contributed by atoms with E-state index in [-0.39, 0.29) is 5.54 Å². The number of hydrogen-bond acceptors (Lipinski definition) is 4. The van der Waals surface area contributed by atoms with E-state index in [2.05, 4.69) is 111 Å². The zero-order valence-corrected chi connectivity index (χ0v) is 21.6. The summed E-state index contributed by atoms with van der Waals surface area (Å²) >= 11 is 4.11. The fourth-order valence-corrected chi connectivity index (χ4v) is 9.02. The fraction of sp³-hybridized carbons (Fsp3) is 0.652. The van der Waals surface area contributed by atoms with Crippen molar-refractivity contribution >= 4 is 37.0 Å². The van der Waals surface area contributed by atoms with Crippen LogP contribution in [0.4, 0.5) is 0 Å². The number of fused-ring (bicyclic) bond motifs is 1. The van der Waals surface area contributed by atoms with Crippen LogP contribution < -0.4 is 4.98 Å². The Morgan fingerprint density at radius 1 is 1.00 bits per heavy atom. The van der Waals surface area contributed by atoms with Gasteiger partial charge in [-0.3, -0.25) is 4.90 Å². The normalized spacial score (nSPS) is 17.1. The van der Waals surface area contributed by atoms with Crippen molar-refractivity contribution in [3.05, 3.63) is 41.5 Å². The summed E-state index contributed by atoms with van der Waals surface area (Å²) in [5.74, 6) is 4.84. The van der Waals surface area contributed by atoms with Gasteiger partial charge in [-0.05, 0) is 48.6 Å². The monoisotopic (exact) mass is 436 g/mol. The first kappa shape index (κ1) is 24.1. The van der Waals surface area contributed by atoms with Crippen molar-refractivity contribution in [3.63, 3.8) is 0 Å². The van der Waals surface area contributed by atoms with Gasteiger partial charge < -0.3 is 4.98 Å². The maximum absolute atomic E-state index is 3.99. The van der Waals surface area contributed by atoms with Gasteiger partial charge in [-0.1, -0.05) is 57.3 Å². The van der Waals surface area contributed by atoms with Crippen molar-refractivity contribution in [2.75, 3.05) is 36.1 Å². The summed E-state index contributed by atoms with van der Waals surface area (Å²) in [5, 5.41) is 1.58. The van der Waals surface area contributed by atoms with Gasteiger partial charge in [0, 0.05) is 30.1 Å². The van der Waals surface area contributed by atoms with E-state index in [1.54, 1.807) is 5.20 Å². The van der Waals surface area contributed by atoms with E-state index in [9.17, 15) is 0 Å². The third-order valence-corrected chi connectivity index (χ3v) is 10.0. The standard InChI is InChI=1S/C23H40N2S2Si/c1-8-26-16-14-25(15-17-27-9-2)21-18-22(20-13-11-10-12-19(20)21)28(6,7)24-23(3,4)5/h10-13,18,21,24H,8-9,14-17H2,1-7H3. The van der Waals surface area contributed by atoms with Gasteiger partial charge in [0.25, 0.3) is 0 Å². The predicted octanol–water partition coefficient (Wildman–Crippen LogP) is 6.07. The summed E-state index contributed by atoms with van der Waals surface area (Å²) in [5.41, 5.74) is 3.13. The smallest absolute Gasteiger partial charge is 0.152 e. The molecule has 1 atom stereocenters. The Kier molecular flexibility index (Phi) is 9.21. The number of hydrogen-bond donors (Lipinski definition) is 1. The summed E-state index contributed by atoms with van der Waals surface area (Å²) in [6, 6.07) is 9.56. The summed E-state index contributed by atoms with van der Waals surface area (Å²) < 4.78 is 0. The third-order valence-electron chi connectivity index (χ3n) is 5.10. The minimum Gasteiger partial charge on any atom is -0.329 e. The van der Waals surface area contributed by atoms with Gasteiger partial charge in [-0.15, -0.1) is 0 Å². The average Bonchev–Trinajstić information content (AvgIpc) is 2.99. The first-order valence-electron chi connectivity index (χ1n) is 10.7. The van der Waals surface area contributed by atoms with E-state index in [1.807, 2.05) is 0 Å². The van der Waals surface area contributed by atoms with E-state index in [0.717, 1.165) is 0 Å². The van der Waals surface area contributed by atoms with E-state index in [1.165, 1.54) is 47.2 Å². The Balaban J connectivity index is 2.33. The third kappa shape index (κ3) is 6.66. The number of thioether (sulfide) groups is 2. The highest BCUT2D eigenvalue weighted by molar-refractivity contribution is 7.99. The molecule has 0 amide bonds. The summed E-state index contributed by atoms with van der Waals surface area (Å²) in [7, 11) is -1.75. The molecule has 0 saturated carbocycles. The van der Waals surface area contributed by atoms with Gasteiger partial charge in [0.15, 0.2) is 8.24 Å². The van der Waals surface area contributed by atoms with Crippen molar-refractivity contribution in [3.8, 4) is 0 Å². The highest BCUT2D eigenvalue weighted by Gasteiger charge is 2.38. The van der Waals surface area contributed by atoms with Crippen LogP contribution in [-0.4, -0.2) is 54.8 Å². The van der Waals surface area contributed by atoms with Gasteiger partial charge in [-0.2, -0.15) is 23.5 Å². The molecule has 0 fully saturated rings. The largest absolute Gasteiger partial charge is 0.329 e. The number of nitrogens with zero attached hydrogens (tertiary/aromatic N) is 1. The first-order chi connectivity index (χ1) is 13.2. The second-order valence-corrected chi connectivity index (χ2v) is 15.9. The lowest BCUT2D eigenvalue weighted by molar-refractivity contribution is 0.264. The molecule has 5 heteroatoms. The van der Waals surface area contributed by atoms with Crippen LogP contribution in [0.25, 0.3) is 5.20 Å². The summed E-state index contributed by atoms with van der Waals surface area (Å²) in [6.07, 6.45) is 2.60. The number of benzene rings is 1. The molecule has 0 saturated heterocycles. The Bertz CT molecular complexity index is 642. The van der Waals surface area contributed by atoms with E-state index < -0.39 is 8.24 Å². The van der Waals surface area contributed by atoms with Crippen molar-refractivity contribution in [2.24, 2.45) is 0 Å². The number of nitrogens with one attached hydrogen (secondary N) is 1. The minimum atomic E-state index is -1.75. The molecule has 0 bridgehead atoms. The van der Waals surface area contributed by atoms with Gasteiger partial charge >= 0.3 is 0 Å². The van der Waals surface area contributed by atoms with Crippen LogP contribution in [0, 0.1) is 0 Å². The zero-order valence-electron chi connectivity index (χ0n) is 19.0. The molecule has 28 heavy (non-hydrogen) atoms. The van der Waals surface area contributed by atoms with Crippen LogP contribution in [0.3, 0.4) is 0 Å². The molecule has 0 heterocycles. The van der Waals surface area contributed by atoms with Crippen LogP contribution in [-0.2, 0) is 0 Å². The van der Waals surface area contributed by atoms with Crippen LogP contribution in [0.2, 0.25) is 13.1 Å². The van der Waals surface area contributed by atoms with Crippen LogP contribution in [0.5, 0.6) is 0 Å². The van der Waals surface area contributed by atoms with Crippen molar-refractivity contribution in [1.29, 1.82) is 0 Å². The molecule has 1 aromatic rings. The van der Waals surface area contributed by atoms with Gasteiger partial charge in [-0.25, -0.2) is 0 Å². The Morgan fingerprint density at radius 2 is 1.57 bits per heavy atom. The predicted molar refractivity (Wildman–Crippen MR) is 135 cm³/mol. The van der Waals surface area contributed by atoms with Crippen LogP contribution in [0.1, 0.15) is 51.8 Å². The average molecular weight is 437 g/mol. The quantitative estimate of drug-likeness (QED) is 0.334. The van der Waals surface area contributed by atoms with Crippen LogP contribution in [0.15, 0.2) is 30.3 Å². The van der Waals surface area contributed by atoms with E-state index >= 15 is 0 Å². The maximum Gasteiger partial charge on any atom is 0.152 e. The molecule has 158 valence electrons. The van der Waals surface area contributed by atoms with Crippen LogP contribution >= 0.6 is 23.5 Å². The van der Waals surface area contributed by atoms with Gasteiger partial charge in [0.1, 0.15) is 0 Å². The molecule has 0 aromatic heterocycles. The second kappa shape index (κ2) is 10.7. The molecule has 0 aliphatic heterocycles. The molecule has 2 rings (SSSR count). The van der Waals surface area contributed by atoms with E-state index in [0.29, 0.717) is 6.04 Å². The molecule has 1 aliphatic carbocycles. The van der Waals surface area contributed by atoms with Crippen molar-refractivity contribution in [2.45, 2.75) is 59.3 Å². The lowest BCUT2D eigenvalue weighted by Crippen LogP contribution is -2.55. The molecule has 1 unspecified atom stereocenters. The first-order valence-corrected chi connectivity index (χ1v) is 16.0. The summed E-state index contributed by atoms with van der Waals surface area (Å²) in [6.45, 7) is 18.7. The van der Waals surface area contributed by atoms with Crippen molar-refractivity contribution in [1.82, 2.24) is 9.88 Å². The molecule has 1 aliphatic rings. The zero-order chi connectivity index (χ0) is 20.8. The highest BCUT2D eigenvalue weighted by atomic mass is 32.2. The maximum atomic E-state index is 3.99. The Labute approximate surface area is 183 Å². The molecular formula is C23H40N2S2Si. The molecular weight excluding hydrogens is 396 g/mol. The molecule has 0 radical (unpaired) electrons. The lowest BCUT2D eigenvalue weighted by atomic mass is 10.1. The second-order valence-electron chi connectivity index (χ2n) is 9.04.